The van der Waals surface area contributed by atoms with Gasteiger partial charge in [0.1, 0.15) is 0 Å². The Morgan fingerprint density at radius 1 is 1.19 bits per heavy atom. The van der Waals surface area contributed by atoms with E-state index >= 15 is 0 Å². The van der Waals surface area contributed by atoms with Crippen molar-refractivity contribution in [2.75, 3.05) is 0 Å². The molecule has 2 heterocycles. The van der Waals surface area contributed by atoms with Crippen LogP contribution in [0, 0.1) is 6.92 Å². The maximum atomic E-state index is 11.9. The number of aromatic nitrogens is 3. The van der Waals surface area contributed by atoms with Crippen LogP contribution in [0.4, 0.5) is 0 Å². The Balaban J connectivity index is 1.67. The highest BCUT2D eigenvalue weighted by molar-refractivity contribution is 5.92. The molecule has 3 rings (SSSR count). The molecule has 3 aromatic rings. The standard InChI is InChI=1S/C14H12N4O3/c1-9-16-13(21-17-9)8-15-14(19)11-7-12(20-18-11)10-5-3-2-4-6-10/h2-7H,8H2,1H3,(H,15,19). The number of rotatable bonds is 4. The lowest BCUT2D eigenvalue weighted by Gasteiger charge is -1.97. The van der Waals surface area contributed by atoms with Crippen molar-refractivity contribution in [1.29, 1.82) is 0 Å². The summed E-state index contributed by atoms with van der Waals surface area (Å²) in [6, 6.07) is 11.0. The van der Waals surface area contributed by atoms with Crippen LogP contribution in [0.3, 0.4) is 0 Å². The molecule has 0 bridgehead atoms. The lowest BCUT2D eigenvalue weighted by Crippen LogP contribution is -2.23. The summed E-state index contributed by atoms with van der Waals surface area (Å²) in [6.45, 7) is 1.85. The van der Waals surface area contributed by atoms with Gasteiger partial charge in [-0.2, -0.15) is 4.98 Å². The first kappa shape index (κ1) is 13.0. The molecule has 0 spiro atoms. The Labute approximate surface area is 120 Å². The van der Waals surface area contributed by atoms with Crippen molar-refractivity contribution in [2.24, 2.45) is 0 Å². The minimum atomic E-state index is -0.364. The van der Waals surface area contributed by atoms with Crippen LogP contribution in [0.5, 0.6) is 0 Å². The molecule has 0 fully saturated rings. The maximum Gasteiger partial charge on any atom is 0.273 e. The highest BCUT2D eigenvalue weighted by Crippen LogP contribution is 2.19. The van der Waals surface area contributed by atoms with Gasteiger partial charge in [0, 0.05) is 11.6 Å². The summed E-state index contributed by atoms with van der Waals surface area (Å²) in [5.41, 5.74) is 1.06. The molecule has 0 unspecified atom stereocenters. The third-order valence-corrected chi connectivity index (χ3v) is 2.77. The Bertz CT molecular complexity index is 748. The number of carbonyl (C=O) groups excluding carboxylic acids is 1. The molecule has 0 aliphatic rings. The smallest absolute Gasteiger partial charge is 0.273 e. The molecule has 1 N–H and O–H groups in total. The van der Waals surface area contributed by atoms with Crippen LogP contribution in [0.2, 0.25) is 0 Å². The van der Waals surface area contributed by atoms with E-state index in [1.54, 1.807) is 13.0 Å². The summed E-state index contributed by atoms with van der Waals surface area (Å²) in [6.07, 6.45) is 0. The fraction of sp³-hybridized carbons (Fsp3) is 0.143. The van der Waals surface area contributed by atoms with Crippen molar-refractivity contribution < 1.29 is 13.8 Å². The summed E-state index contributed by atoms with van der Waals surface area (Å²) in [7, 11) is 0. The quantitative estimate of drug-likeness (QED) is 0.787. The molecule has 21 heavy (non-hydrogen) atoms. The van der Waals surface area contributed by atoms with Crippen LogP contribution in [0.1, 0.15) is 22.2 Å². The number of amides is 1. The predicted octanol–water partition coefficient (Wildman–Crippen LogP) is 1.96. The van der Waals surface area contributed by atoms with Crippen molar-refractivity contribution in [3.8, 4) is 11.3 Å². The predicted molar refractivity (Wildman–Crippen MR) is 72.1 cm³/mol. The van der Waals surface area contributed by atoms with Crippen LogP contribution < -0.4 is 5.32 Å². The zero-order valence-electron chi connectivity index (χ0n) is 11.2. The number of hydrogen-bond donors (Lipinski definition) is 1. The van der Waals surface area contributed by atoms with E-state index in [0.29, 0.717) is 17.5 Å². The molecule has 0 saturated heterocycles. The second-order valence-electron chi connectivity index (χ2n) is 4.36. The van der Waals surface area contributed by atoms with Gasteiger partial charge < -0.3 is 14.4 Å². The number of hydrogen-bond acceptors (Lipinski definition) is 6. The second-order valence-corrected chi connectivity index (χ2v) is 4.36. The van der Waals surface area contributed by atoms with Crippen LogP contribution >= 0.6 is 0 Å². The van der Waals surface area contributed by atoms with Crippen molar-refractivity contribution in [3.05, 3.63) is 53.8 Å². The summed E-state index contributed by atoms with van der Waals surface area (Å²) in [4.78, 5) is 15.9. The molecule has 7 heteroatoms. The van der Waals surface area contributed by atoms with Gasteiger partial charge in [-0.05, 0) is 6.92 Å². The molecule has 1 amide bonds. The summed E-state index contributed by atoms with van der Waals surface area (Å²) in [5.74, 6) is 1.03. The van der Waals surface area contributed by atoms with Gasteiger partial charge >= 0.3 is 0 Å². The van der Waals surface area contributed by atoms with Gasteiger partial charge in [0.25, 0.3) is 5.91 Å². The van der Waals surface area contributed by atoms with Crippen LogP contribution in [-0.4, -0.2) is 21.2 Å². The summed E-state index contributed by atoms with van der Waals surface area (Å²) < 4.78 is 10.1. The largest absolute Gasteiger partial charge is 0.355 e. The number of aryl methyl sites for hydroxylation is 1. The van der Waals surface area contributed by atoms with Crippen LogP contribution in [0.25, 0.3) is 11.3 Å². The lowest BCUT2D eigenvalue weighted by atomic mass is 10.1. The molecule has 2 aromatic heterocycles. The topological polar surface area (TPSA) is 94.1 Å². The normalized spacial score (nSPS) is 10.5. The average Bonchev–Trinajstić information content (AvgIpc) is 3.15. The van der Waals surface area contributed by atoms with E-state index in [1.807, 2.05) is 30.3 Å². The van der Waals surface area contributed by atoms with Crippen molar-refractivity contribution >= 4 is 5.91 Å². The third-order valence-electron chi connectivity index (χ3n) is 2.77. The second kappa shape index (κ2) is 5.58. The Morgan fingerprint density at radius 2 is 2.00 bits per heavy atom. The van der Waals surface area contributed by atoms with E-state index in [-0.39, 0.29) is 18.1 Å². The minimum absolute atomic E-state index is 0.146. The van der Waals surface area contributed by atoms with E-state index in [2.05, 4.69) is 20.6 Å². The number of nitrogens with one attached hydrogen (secondary N) is 1. The van der Waals surface area contributed by atoms with Gasteiger partial charge in [-0.3, -0.25) is 4.79 Å². The van der Waals surface area contributed by atoms with Gasteiger partial charge in [0.2, 0.25) is 5.89 Å². The summed E-state index contributed by atoms with van der Waals surface area (Å²) in [5, 5.41) is 10.0. The molecular weight excluding hydrogens is 272 g/mol. The van der Waals surface area contributed by atoms with Crippen LogP contribution in [-0.2, 0) is 6.54 Å². The molecule has 0 aliphatic carbocycles. The van der Waals surface area contributed by atoms with E-state index in [9.17, 15) is 4.79 Å². The maximum absolute atomic E-state index is 11.9. The SMILES string of the molecule is Cc1noc(CNC(=O)c2cc(-c3ccccc3)on2)n1. The zero-order chi connectivity index (χ0) is 14.7. The number of benzene rings is 1. The average molecular weight is 284 g/mol. The molecule has 0 atom stereocenters. The fourth-order valence-corrected chi connectivity index (χ4v) is 1.78. The molecular formula is C14H12N4O3. The third kappa shape index (κ3) is 2.97. The highest BCUT2D eigenvalue weighted by Gasteiger charge is 2.14. The van der Waals surface area contributed by atoms with Gasteiger partial charge in [0.05, 0.1) is 6.54 Å². The first-order chi connectivity index (χ1) is 10.2. The van der Waals surface area contributed by atoms with E-state index in [1.165, 1.54) is 0 Å². The van der Waals surface area contributed by atoms with Gasteiger partial charge in [-0.25, -0.2) is 0 Å². The number of nitrogens with zero attached hydrogens (tertiary/aromatic N) is 3. The molecule has 0 aliphatic heterocycles. The first-order valence-electron chi connectivity index (χ1n) is 6.32. The monoisotopic (exact) mass is 284 g/mol. The number of carbonyl (C=O) groups is 1. The van der Waals surface area contributed by atoms with E-state index in [4.69, 9.17) is 9.05 Å². The highest BCUT2D eigenvalue weighted by atomic mass is 16.5. The van der Waals surface area contributed by atoms with Crippen molar-refractivity contribution in [3.63, 3.8) is 0 Å². The molecule has 1 aromatic carbocycles. The van der Waals surface area contributed by atoms with Crippen LogP contribution in [0.15, 0.2) is 45.4 Å². The van der Waals surface area contributed by atoms with Gasteiger partial charge in [-0.1, -0.05) is 40.6 Å². The Hall–Kier alpha value is -2.96. The van der Waals surface area contributed by atoms with Crippen molar-refractivity contribution in [2.45, 2.75) is 13.5 Å². The fourth-order valence-electron chi connectivity index (χ4n) is 1.78. The lowest BCUT2D eigenvalue weighted by molar-refractivity contribution is 0.0937. The molecule has 0 radical (unpaired) electrons. The van der Waals surface area contributed by atoms with E-state index < -0.39 is 0 Å². The van der Waals surface area contributed by atoms with Gasteiger partial charge in [0.15, 0.2) is 17.3 Å². The van der Waals surface area contributed by atoms with Crippen molar-refractivity contribution in [1.82, 2.24) is 20.6 Å². The minimum Gasteiger partial charge on any atom is -0.355 e. The molecule has 7 nitrogen and oxygen atoms in total. The Morgan fingerprint density at radius 3 is 2.71 bits per heavy atom. The Kier molecular flexibility index (Phi) is 3.46. The zero-order valence-corrected chi connectivity index (χ0v) is 11.2. The first-order valence-corrected chi connectivity index (χ1v) is 6.32. The molecule has 106 valence electrons. The van der Waals surface area contributed by atoms with E-state index in [0.717, 1.165) is 5.56 Å². The molecule has 0 saturated carbocycles. The van der Waals surface area contributed by atoms with Gasteiger partial charge in [-0.15, -0.1) is 0 Å². The summed E-state index contributed by atoms with van der Waals surface area (Å²) >= 11 is 0.